The molecule has 0 aliphatic carbocycles. The van der Waals surface area contributed by atoms with Crippen molar-refractivity contribution in [3.05, 3.63) is 0 Å². The second-order valence-electron chi connectivity index (χ2n) is 3.53. The lowest BCUT2D eigenvalue weighted by Gasteiger charge is -2.20. The Balaban J connectivity index is 4.03. The van der Waals surface area contributed by atoms with E-state index in [0.29, 0.717) is 6.61 Å². The first-order chi connectivity index (χ1) is 7.47. The summed E-state index contributed by atoms with van der Waals surface area (Å²) in [5, 5.41) is 0. The van der Waals surface area contributed by atoms with Crippen LogP contribution < -0.4 is 0 Å². The van der Waals surface area contributed by atoms with Crippen LogP contribution in [-0.2, 0) is 24.7 Å². The minimum atomic E-state index is -2.97. The molecule has 0 aliphatic heterocycles. The smallest absolute Gasteiger partial charge is 0.309 e. The monoisotopic (exact) mass is 253 g/mol. The molecule has 0 rings (SSSR count). The van der Waals surface area contributed by atoms with Gasteiger partial charge in [0, 0.05) is 0 Å². The number of nitrogens with zero attached hydrogens (tertiary/aromatic N) is 1. The highest BCUT2D eigenvalue weighted by molar-refractivity contribution is 7.67. The molecule has 0 amide bonds. The largest absolute Gasteiger partial charge is 0.466 e. The minimum Gasteiger partial charge on any atom is -0.466 e. The first-order valence-corrected chi connectivity index (χ1v) is 6.20. The van der Waals surface area contributed by atoms with Gasteiger partial charge in [-0.05, 0) is 20.5 Å². The van der Waals surface area contributed by atoms with Crippen LogP contribution in [0.3, 0.4) is 0 Å². The molecule has 0 heterocycles. The van der Waals surface area contributed by atoms with Gasteiger partial charge in [-0.1, -0.05) is 13.3 Å². The molecule has 0 spiro atoms. The van der Waals surface area contributed by atoms with Crippen molar-refractivity contribution in [2.45, 2.75) is 32.4 Å². The van der Waals surface area contributed by atoms with Crippen molar-refractivity contribution < 1.29 is 22.1 Å². The fourth-order valence-corrected chi connectivity index (χ4v) is 1.41. The van der Waals surface area contributed by atoms with Crippen LogP contribution >= 0.6 is 0 Å². The maximum Gasteiger partial charge on any atom is 0.309 e. The van der Waals surface area contributed by atoms with Gasteiger partial charge in [0.25, 0.3) is 11.0 Å². The van der Waals surface area contributed by atoms with E-state index in [-0.39, 0.29) is 6.42 Å². The van der Waals surface area contributed by atoms with Crippen LogP contribution in [0.5, 0.6) is 0 Å². The third kappa shape index (κ3) is 7.61. The Labute approximate surface area is 97.7 Å². The maximum absolute atomic E-state index is 11.3. The molecule has 1 unspecified atom stereocenters. The van der Waals surface area contributed by atoms with E-state index in [9.17, 15) is 13.2 Å². The normalized spacial score (nSPS) is 13.1. The molecule has 1 atom stereocenters. The molecule has 0 N–H and O–H groups in total. The third-order valence-electron chi connectivity index (χ3n) is 1.89. The van der Waals surface area contributed by atoms with Crippen molar-refractivity contribution in [1.82, 2.24) is 4.90 Å². The highest BCUT2D eigenvalue weighted by Gasteiger charge is 2.18. The van der Waals surface area contributed by atoms with E-state index in [1.807, 2.05) is 6.92 Å². The predicted molar refractivity (Wildman–Crippen MR) is 59.4 cm³/mol. The number of hydrogen-bond acceptors (Lipinski definition) is 6. The summed E-state index contributed by atoms with van der Waals surface area (Å²) in [6, 6.07) is 0. The molecule has 0 aromatic carbocycles. The Morgan fingerprint density at radius 3 is 2.44 bits per heavy atom. The maximum atomic E-state index is 11.3. The summed E-state index contributed by atoms with van der Waals surface area (Å²) >= 11 is 0. The summed E-state index contributed by atoms with van der Waals surface area (Å²) in [5.41, 5.74) is 0. The Bertz CT molecular complexity index is 269. The van der Waals surface area contributed by atoms with Crippen LogP contribution in [0.15, 0.2) is 0 Å². The van der Waals surface area contributed by atoms with E-state index in [4.69, 9.17) is 4.74 Å². The van der Waals surface area contributed by atoms with E-state index in [2.05, 4.69) is 4.18 Å². The zero-order valence-corrected chi connectivity index (χ0v) is 10.7. The molecular weight excluding hydrogens is 234 g/mol. The number of thiol groups is 1. The standard InChI is InChI=1S/C9H19NO5S/c1-4-5-6-14-9(11)7-8(10(2)3)15-16(12)13/h8,16H,4-7H2,1-3H3. The van der Waals surface area contributed by atoms with Gasteiger partial charge in [-0.3, -0.25) is 13.9 Å². The number of carbonyl (C=O) groups excluding carboxylic acids is 1. The van der Waals surface area contributed by atoms with Gasteiger partial charge in [-0.2, -0.15) is 0 Å². The van der Waals surface area contributed by atoms with Crippen LogP contribution in [0.4, 0.5) is 0 Å². The van der Waals surface area contributed by atoms with E-state index in [0.717, 1.165) is 12.8 Å². The van der Waals surface area contributed by atoms with E-state index in [1.165, 1.54) is 4.90 Å². The van der Waals surface area contributed by atoms with Gasteiger partial charge in [-0.25, -0.2) is 8.42 Å². The Morgan fingerprint density at radius 1 is 1.38 bits per heavy atom. The molecule has 0 saturated carbocycles. The van der Waals surface area contributed by atoms with Gasteiger partial charge < -0.3 is 4.74 Å². The topological polar surface area (TPSA) is 72.9 Å². The molecule has 96 valence electrons. The van der Waals surface area contributed by atoms with E-state index >= 15 is 0 Å². The van der Waals surface area contributed by atoms with Crippen molar-refractivity contribution in [1.29, 1.82) is 0 Å². The van der Waals surface area contributed by atoms with Gasteiger partial charge in [0.15, 0.2) is 0 Å². The number of ether oxygens (including phenoxy) is 1. The van der Waals surface area contributed by atoms with Gasteiger partial charge in [0.1, 0.15) is 6.23 Å². The molecule has 0 bridgehead atoms. The fraction of sp³-hybridized carbons (Fsp3) is 0.889. The predicted octanol–water partition coefficient (Wildman–Crippen LogP) is 0.150. The molecule has 7 heteroatoms. The first kappa shape index (κ1) is 15.3. The number of carbonyl (C=O) groups is 1. The Morgan fingerprint density at radius 2 is 2.00 bits per heavy atom. The summed E-state index contributed by atoms with van der Waals surface area (Å²) in [6.07, 6.45) is 0.845. The quantitative estimate of drug-likeness (QED) is 0.287. The van der Waals surface area contributed by atoms with Crippen molar-refractivity contribution >= 4 is 17.0 Å². The van der Waals surface area contributed by atoms with Crippen LogP contribution in [0, 0.1) is 0 Å². The number of esters is 1. The zero-order valence-electron chi connectivity index (χ0n) is 9.84. The molecule has 0 aromatic rings. The highest BCUT2D eigenvalue weighted by atomic mass is 32.2. The highest BCUT2D eigenvalue weighted by Crippen LogP contribution is 2.04. The van der Waals surface area contributed by atoms with Crippen LogP contribution in [0.2, 0.25) is 0 Å². The van der Waals surface area contributed by atoms with Gasteiger partial charge in [0.05, 0.1) is 13.0 Å². The van der Waals surface area contributed by atoms with Crippen LogP contribution in [0.1, 0.15) is 26.2 Å². The third-order valence-corrected chi connectivity index (χ3v) is 2.30. The van der Waals surface area contributed by atoms with Crippen molar-refractivity contribution in [2.24, 2.45) is 0 Å². The molecule has 0 aliphatic rings. The van der Waals surface area contributed by atoms with Gasteiger partial charge in [-0.15, -0.1) is 0 Å². The van der Waals surface area contributed by atoms with Crippen molar-refractivity contribution in [3.8, 4) is 0 Å². The lowest BCUT2D eigenvalue weighted by molar-refractivity contribution is -0.147. The lowest BCUT2D eigenvalue weighted by Crippen LogP contribution is -2.33. The van der Waals surface area contributed by atoms with Crippen molar-refractivity contribution in [3.63, 3.8) is 0 Å². The van der Waals surface area contributed by atoms with Gasteiger partial charge >= 0.3 is 5.97 Å². The van der Waals surface area contributed by atoms with Crippen LogP contribution in [-0.4, -0.2) is 46.2 Å². The molecule has 0 fully saturated rings. The Kier molecular flexibility index (Phi) is 8.14. The molecule has 16 heavy (non-hydrogen) atoms. The van der Waals surface area contributed by atoms with Crippen molar-refractivity contribution in [2.75, 3.05) is 20.7 Å². The summed E-state index contributed by atoms with van der Waals surface area (Å²) < 4.78 is 30.3. The summed E-state index contributed by atoms with van der Waals surface area (Å²) in [5.74, 6) is -0.455. The zero-order chi connectivity index (χ0) is 12.6. The average Bonchev–Trinajstić information content (AvgIpc) is 2.16. The summed E-state index contributed by atoms with van der Waals surface area (Å²) in [7, 11) is 0.287. The molecule has 0 radical (unpaired) electrons. The summed E-state index contributed by atoms with van der Waals surface area (Å²) in [6.45, 7) is 2.35. The second-order valence-corrected chi connectivity index (χ2v) is 4.18. The molecular formula is C9H19NO5S. The van der Waals surface area contributed by atoms with E-state index in [1.54, 1.807) is 14.1 Å². The van der Waals surface area contributed by atoms with Gasteiger partial charge in [0.2, 0.25) is 0 Å². The van der Waals surface area contributed by atoms with E-state index < -0.39 is 23.2 Å². The SMILES string of the molecule is CCCCOC(=O)CC(O[SH](=O)=O)N(C)C. The minimum absolute atomic E-state index is 0.0972. The van der Waals surface area contributed by atoms with Crippen LogP contribution in [0.25, 0.3) is 0 Å². The molecule has 0 aromatic heterocycles. The Hall–Kier alpha value is -0.660. The number of hydrogen-bond donors (Lipinski definition) is 1. The molecule has 0 saturated heterocycles. The fourth-order valence-electron chi connectivity index (χ4n) is 0.945. The number of rotatable bonds is 8. The molecule has 6 nitrogen and oxygen atoms in total. The average molecular weight is 253 g/mol. The second kappa shape index (κ2) is 8.49. The summed E-state index contributed by atoms with van der Waals surface area (Å²) in [4.78, 5) is 12.8. The number of unbranched alkanes of at least 4 members (excludes halogenated alkanes) is 1. The lowest BCUT2D eigenvalue weighted by atomic mass is 10.3. The first-order valence-electron chi connectivity index (χ1n) is 5.10.